The Balaban J connectivity index is 3.72. The van der Waals surface area contributed by atoms with Crippen molar-refractivity contribution in [1.29, 1.82) is 0 Å². The number of carboxylic acids is 1. The molecular formula is C11H22N2O5. The first-order valence-electron chi connectivity index (χ1n) is 5.83. The zero-order chi connectivity index (χ0) is 14.0. The van der Waals surface area contributed by atoms with E-state index < -0.39 is 18.0 Å². The molecule has 0 aromatic rings. The Labute approximate surface area is 107 Å². The number of carbonyl (C=O) groups is 2. The Morgan fingerprint density at radius 2 is 1.89 bits per heavy atom. The molecule has 0 heterocycles. The first kappa shape index (κ1) is 16.7. The van der Waals surface area contributed by atoms with Crippen molar-refractivity contribution < 1.29 is 24.2 Å². The van der Waals surface area contributed by atoms with Crippen LogP contribution in [-0.2, 0) is 14.3 Å². The second-order valence-electron chi connectivity index (χ2n) is 4.07. The Kier molecular flexibility index (Phi) is 8.95. The van der Waals surface area contributed by atoms with Crippen LogP contribution in [0.2, 0.25) is 0 Å². The van der Waals surface area contributed by atoms with Crippen LogP contribution < -0.4 is 10.6 Å². The molecule has 0 radical (unpaired) electrons. The molecule has 7 nitrogen and oxygen atoms in total. The van der Waals surface area contributed by atoms with E-state index in [1.807, 2.05) is 0 Å². The van der Waals surface area contributed by atoms with Crippen LogP contribution in [0.25, 0.3) is 0 Å². The molecule has 0 aliphatic carbocycles. The van der Waals surface area contributed by atoms with Crippen molar-refractivity contribution in [1.82, 2.24) is 10.6 Å². The van der Waals surface area contributed by atoms with Crippen molar-refractivity contribution in [2.45, 2.75) is 19.9 Å². The summed E-state index contributed by atoms with van der Waals surface area (Å²) in [7, 11) is 1.58. The van der Waals surface area contributed by atoms with Gasteiger partial charge in [-0.3, -0.25) is 0 Å². The summed E-state index contributed by atoms with van der Waals surface area (Å²) in [5.41, 5.74) is 0. The predicted molar refractivity (Wildman–Crippen MR) is 65.5 cm³/mol. The van der Waals surface area contributed by atoms with E-state index in [0.717, 1.165) is 0 Å². The minimum absolute atomic E-state index is 0.175. The Morgan fingerprint density at radius 1 is 1.22 bits per heavy atom. The molecule has 18 heavy (non-hydrogen) atoms. The number of methoxy groups -OCH3 is 1. The van der Waals surface area contributed by atoms with Gasteiger partial charge < -0.3 is 25.2 Å². The number of hydrogen-bond acceptors (Lipinski definition) is 4. The lowest BCUT2D eigenvalue weighted by Gasteiger charge is -2.18. The van der Waals surface area contributed by atoms with Crippen molar-refractivity contribution in [2.24, 2.45) is 5.92 Å². The number of aliphatic carboxylic acids is 1. The molecule has 0 rings (SSSR count). The van der Waals surface area contributed by atoms with Crippen molar-refractivity contribution in [3.05, 3.63) is 0 Å². The molecular weight excluding hydrogens is 240 g/mol. The second-order valence-corrected chi connectivity index (χ2v) is 4.07. The highest BCUT2D eigenvalue weighted by atomic mass is 16.5. The third-order valence-corrected chi connectivity index (χ3v) is 2.18. The van der Waals surface area contributed by atoms with Crippen molar-refractivity contribution >= 4 is 12.0 Å². The summed E-state index contributed by atoms with van der Waals surface area (Å²) in [5.74, 6) is -1.22. The molecule has 0 fully saturated rings. The molecule has 0 aliphatic heterocycles. The van der Waals surface area contributed by atoms with Gasteiger partial charge in [-0.15, -0.1) is 0 Å². The van der Waals surface area contributed by atoms with Crippen molar-refractivity contribution in [3.63, 3.8) is 0 Å². The van der Waals surface area contributed by atoms with Crippen LogP contribution in [0.1, 0.15) is 13.8 Å². The molecule has 0 saturated carbocycles. The molecule has 7 heteroatoms. The quantitative estimate of drug-likeness (QED) is 0.510. The zero-order valence-electron chi connectivity index (χ0n) is 11.1. The van der Waals surface area contributed by atoms with E-state index in [2.05, 4.69) is 10.6 Å². The van der Waals surface area contributed by atoms with Crippen LogP contribution in [0.15, 0.2) is 0 Å². The van der Waals surface area contributed by atoms with Crippen LogP contribution in [0, 0.1) is 5.92 Å². The van der Waals surface area contributed by atoms with Gasteiger partial charge in [-0.25, -0.2) is 9.59 Å². The fraction of sp³-hybridized carbons (Fsp3) is 0.818. The van der Waals surface area contributed by atoms with Crippen LogP contribution in [0.4, 0.5) is 4.79 Å². The van der Waals surface area contributed by atoms with Gasteiger partial charge in [0.25, 0.3) is 0 Å². The number of amides is 2. The maximum Gasteiger partial charge on any atom is 0.326 e. The number of urea groups is 1. The van der Waals surface area contributed by atoms with Crippen LogP contribution in [0.5, 0.6) is 0 Å². The Bertz CT molecular complexity index is 258. The fourth-order valence-electron chi connectivity index (χ4n) is 1.19. The lowest BCUT2D eigenvalue weighted by Crippen LogP contribution is -2.49. The van der Waals surface area contributed by atoms with Gasteiger partial charge in [0.15, 0.2) is 0 Å². The third kappa shape index (κ3) is 7.86. The number of hydrogen-bond donors (Lipinski definition) is 3. The van der Waals surface area contributed by atoms with E-state index in [0.29, 0.717) is 26.4 Å². The number of carbonyl (C=O) groups excluding carboxylic acids is 1. The normalized spacial score (nSPS) is 12.2. The maximum atomic E-state index is 11.4. The monoisotopic (exact) mass is 262 g/mol. The average molecular weight is 262 g/mol. The van der Waals surface area contributed by atoms with Gasteiger partial charge in [0.2, 0.25) is 0 Å². The minimum Gasteiger partial charge on any atom is -0.480 e. The molecule has 3 N–H and O–H groups in total. The Morgan fingerprint density at radius 3 is 2.39 bits per heavy atom. The molecule has 0 spiro atoms. The maximum absolute atomic E-state index is 11.4. The standard InChI is InChI=1S/C11H22N2O5/c1-8(2)9(10(14)15)13-11(16)12-4-5-18-7-6-17-3/h8-9H,4-7H2,1-3H3,(H,14,15)(H2,12,13,16)/t9-/m1/s1. The predicted octanol–water partition coefficient (Wildman–Crippen LogP) is 0.0578. The van der Waals surface area contributed by atoms with Gasteiger partial charge in [0.1, 0.15) is 6.04 Å². The first-order chi connectivity index (χ1) is 8.49. The summed E-state index contributed by atoms with van der Waals surface area (Å²) < 4.78 is 9.93. The molecule has 0 bridgehead atoms. The van der Waals surface area contributed by atoms with Crippen LogP contribution in [0.3, 0.4) is 0 Å². The topological polar surface area (TPSA) is 96.9 Å². The summed E-state index contributed by atoms with van der Waals surface area (Å²) in [6.45, 7) is 5.10. The number of carboxylic acid groups (broad SMARTS) is 1. The highest BCUT2D eigenvalue weighted by Gasteiger charge is 2.22. The largest absolute Gasteiger partial charge is 0.480 e. The number of rotatable bonds is 9. The fourth-order valence-corrected chi connectivity index (χ4v) is 1.19. The van der Waals surface area contributed by atoms with Crippen molar-refractivity contribution in [3.8, 4) is 0 Å². The van der Waals surface area contributed by atoms with Crippen molar-refractivity contribution in [2.75, 3.05) is 33.5 Å². The molecule has 0 aliphatic rings. The summed E-state index contributed by atoms with van der Waals surface area (Å²) in [6, 6.07) is -1.40. The molecule has 0 aromatic carbocycles. The minimum atomic E-state index is -1.04. The Hall–Kier alpha value is -1.34. The number of nitrogens with one attached hydrogen (secondary N) is 2. The SMILES string of the molecule is COCCOCCNC(=O)N[C@@H](C(=O)O)C(C)C. The van der Waals surface area contributed by atoms with Gasteiger partial charge in [0, 0.05) is 13.7 Å². The summed E-state index contributed by atoms with van der Waals surface area (Å²) in [4.78, 5) is 22.2. The van der Waals surface area contributed by atoms with E-state index in [4.69, 9.17) is 14.6 Å². The summed E-state index contributed by atoms with van der Waals surface area (Å²) >= 11 is 0. The highest BCUT2D eigenvalue weighted by Crippen LogP contribution is 2.00. The van der Waals surface area contributed by atoms with E-state index in [1.165, 1.54) is 0 Å². The number of ether oxygens (including phenoxy) is 2. The smallest absolute Gasteiger partial charge is 0.326 e. The van der Waals surface area contributed by atoms with Gasteiger partial charge in [-0.05, 0) is 5.92 Å². The molecule has 2 amide bonds. The molecule has 1 atom stereocenters. The zero-order valence-corrected chi connectivity index (χ0v) is 11.1. The van der Waals surface area contributed by atoms with Gasteiger partial charge >= 0.3 is 12.0 Å². The lowest BCUT2D eigenvalue weighted by atomic mass is 10.1. The molecule has 0 aromatic heterocycles. The van der Waals surface area contributed by atoms with E-state index >= 15 is 0 Å². The van der Waals surface area contributed by atoms with Crippen LogP contribution >= 0.6 is 0 Å². The van der Waals surface area contributed by atoms with Gasteiger partial charge in [-0.2, -0.15) is 0 Å². The summed E-state index contributed by atoms with van der Waals surface area (Å²) in [6.07, 6.45) is 0. The van der Waals surface area contributed by atoms with E-state index in [1.54, 1.807) is 21.0 Å². The molecule has 106 valence electrons. The third-order valence-electron chi connectivity index (χ3n) is 2.18. The highest BCUT2D eigenvalue weighted by molar-refractivity contribution is 5.82. The second kappa shape index (κ2) is 9.67. The van der Waals surface area contributed by atoms with Crippen LogP contribution in [-0.4, -0.2) is 56.6 Å². The molecule has 0 unspecified atom stereocenters. The van der Waals surface area contributed by atoms with E-state index in [9.17, 15) is 9.59 Å². The first-order valence-corrected chi connectivity index (χ1v) is 5.83. The lowest BCUT2D eigenvalue weighted by molar-refractivity contribution is -0.140. The molecule has 0 saturated heterocycles. The average Bonchev–Trinajstić information content (AvgIpc) is 2.29. The van der Waals surface area contributed by atoms with Gasteiger partial charge in [-0.1, -0.05) is 13.8 Å². The van der Waals surface area contributed by atoms with Gasteiger partial charge in [0.05, 0.1) is 19.8 Å². The summed E-state index contributed by atoms with van der Waals surface area (Å²) in [5, 5.41) is 13.8. The van der Waals surface area contributed by atoms with E-state index in [-0.39, 0.29) is 5.92 Å².